The highest BCUT2D eigenvalue weighted by molar-refractivity contribution is 6.74. The molecule has 2 rings (SSSR count). The Hall–Kier alpha value is -1.96. The first-order chi connectivity index (χ1) is 13.5. The largest absolute Gasteiger partial charge is 0.471 e. The van der Waals surface area contributed by atoms with Crippen molar-refractivity contribution in [1.29, 1.82) is 0 Å². The zero-order valence-corrected chi connectivity index (χ0v) is 18.2. The number of ether oxygens (including phenoxy) is 1. The molecule has 0 radical (unpaired) electrons. The van der Waals surface area contributed by atoms with Crippen LogP contribution in [0, 0.1) is 0 Å². The predicted octanol–water partition coefficient (Wildman–Crippen LogP) is 0.864. The summed E-state index contributed by atoms with van der Waals surface area (Å²) in [7, 11) is -2.28. The van der Waals surface area contributed by atoms with Gasteiger partial charge in [-0.25, -0.2) is 4.79 Å². The molecule has 0 spiro atoms. The molecular formula is C17H26F3N3O6Si. The number of H-pyrrole nitrogens is 1. The molecule has 30 heavy (non-hydrogen) atoms. The number of nitrogens with one attached hydrogen (secondary N) is 2. The number of nitrogens with zero attached hydrogens (tertiary/aromatic N) is 1. The second kappa shape index (κ2) is 8.28. The van der Waals surface area contributed by atoms with E-state index in [0.29, 0.717) is 0 Å². The Kier molecular flexibility index (Phi) is 6.71. The fourth-order valence-corrected chi connectivity index (χ4v) is 3.66. The Morgan fingerprint density at radius 2 is 1.93 bits per heavy atom. The molecule has 1 fully saturated rings. The lowest BCUT2D eigenvalue weighted by Crippen LogP contribution is -2.52. The van der Waals surface area contributed by atoms with Gasteiger partial charge in [-0.05, 0) is 18.1 Å². The monoisotopic (exact) mass is 453 g/mol. The van der Waals surface area contributed by atoms with Gasteiger partial charge in [0.25, 0.3) is 5.56 Å². The fourth-order valence-electron chi connectivity index (χ4n) is 2.65. The molecule has 1 aromatic rings. The zero-order chi connectivity index (χ0) is 23.1. The van der Waals surface area contributed by atoms with E-state index >= 15 is 0 Å². The molecule has 1 amide bonds. The van der Waals surface area contributed by atoms with E-state index in [-0.39, 0.29) is 11.6 Å². The number of aromatic amines is 1. The van der Waals surface area contributed by atoms with Crippen LogP contribution in [-0.2, 0) is 14.0 Å². The van der Waals surface area contributed by atoms with Crippen molar-refractivity contribution in [3.8, 4) is 0 Å². The van der Waals surface area contributed by atoms with Gasteiger partial charge < -0.3 is 19.6 Å². The molecule has 1 aliphatic rings. The van der Waals surface area contributed by atoms with Crippen LogP contribution in [0.3, 0.4) is 0 Å². The van der Waals surface area contributed by atoms with E-state index in [1.165, 1.54) is 0 Å². The number of carbonyl (C=O) groups excluding carboxylic acids is 1. The van der Waals surface area contributed by atoms with Crippen LogP contribution < -0.4 is 16.6 Å². The van der Waals surface area contributed by atoms with Gasteiger partial charge in [0.05, 0.1) is 6.61 Å². The molecule has 2 heterocycles. The van der Waals surface area contributed by atoms with Gasteiger partial charge >= 0.3 is 17.8 Å². The Morgan fingerprint density at radius 1 is 1.33 bits per heavy atom. The van der Waals surface area contributed by atoms with Crippen molar-refractivity contribution in [3.63, 3.8) is 0 Å². The Bertz CT molecular complexity index is 892. The number of halogens is 3. The van der Waals surface area contributed by atoms with Crippen molar-refractivity contribution in [3.05, 3.63) is 33.1 Å². The van der Waals surface area contributed by atoms with E-state index < -0.39 is 56.1 Å². The Balaban J connectivity index is 2.32. The summed E-state index contributed by atoms with van der Waals surface area (Å²) in [6, 6.07) is -0.630. The Labute approximate surface area is 171 Å². The van der Waals surface area contributed by atoms with Crippen molar-refractivity contribution in [2.24, 2.45) is 0 Å². The molecule has 170 valence electrons. The average molecular weight is 453 g/mol. The highest BCUT2D eigenvalue weighted by Gasteiger charge is 2.50. The molecule has 2 unspecified atom stereocenters. The predicted molar refractivity (Wildman–Crippen MR) is 102 cm³/mol. The van der Waals surface area contributed by atoms with E-state index in [0.717, 1.165) is 16.8 Å². The Morgan fingerprint density at radius 3 is 2.43 bits per heavy atom. The van der Waals surface area contributed by atoms with Gasteiger partial charge in [-0.2, -0.15) is 13.2 Å². The van der Waals surface area contributed by atoms with Gasteiger partial charge in [0.15, 0.2) is 14.5 Å². The molecule has 13 heteroatoms. The third-order valence-electron chi connectivity index (χ3n) is 5.47. The minimum atomic E-state index is -5.20. The van der Waals surface area contributed by atoms with E-state index in [1.54, 1.807) is 5.32 Å². The lowest BCUT2D eigenvalue weighted by atomic mass is 10.1. The molecule has 1 aromatic heterocycles. The van der Waals surface area contributed by atoms with E-state index in [4.69, 9.17) is 9.16 Å². The summed E-state index contributed by atoms with van der Waals surface area (Å²) in [5.74, 6) is -2.29. The summed E-state index contributed by atoms with van der Waals surface area (Å²) in [5, 5.41) is 12.1. The lowest BCUT2D eigenvalue weighted by Gasteiger charge is -2.37. The van der Waals surface area contributed by atoms with E-state index in [2.05, 4.69) is 0 Å². The molecule has 1 aliphatic heterocycles. The third kappa shape index (κ3) is 5.20. The van der Waals surface area contributed by atoms with E-state index in [1.807, 2.05) is 38.8 Å². The first kappa shape index (κ1) is 24.3. The number of aromatic nitrogens is 2. The van der Waals surface area contributed by atoms with Crippen LogP contribution >= 0.6 is 0 Å². The third-order valence-corrected chi connectivity index (χ3v) is 9.97. The summed E-state index contributed by atoms with van der Waals surface area (Å²) in [5.41, 5.74) is -1.68. The standard InChI is InChI=1S/C17H26F3N3O6Si/c1-16(2,3)30(4,5)28-8-9-12(25)11(22-14(26)17(18,19)20)13(29-9)23-7-6-10(24)21-15(23)27/h6-7,9,11-13,25H,8H2,1-5H3,(H,22,26)(H,21,24,27)/t9-,11?,12?,13-/m0/s1. The SMILES string of the molecule is CC(C)(C)[Si](C)(C)OC[C@@H]1O[C@H](n2ccc(=O)[nH]c2=O)C(NC(=O)C(F)(F)F)C1O. The van der Waals surface area contributed by atoms with Gasteiger partial charge in [0, 0.05) is 12.3 Å². The summed E-state index contributed by atoms with van der Waals surface area (Å²) in [4.78, 5) is 36.8. The average Bonchev–Trinajstić information content (AvgIpc) is 2.87. The number of hydrogen-bond acceptors (Lipinski definition) is 6. The van der Waals surface area contributed by atoms with Gasteiger partial charge in [-0.15, -0.1) is 0 Å². The normalized spacial score (nSPS) is 25.4. The quantitative estimate of drug-likeness (QED) is 0.569. The van der Waals surface area contributed by atoms with Crippen LogP contribution in [0.4, 0.5) is 13.2 Å². The second-order valence-corrected chi connectivity index (χ2v) is 13.5. The van der Waals surface area contributed by atoms with Crippen LogP contribution in [0.25, 0.3) is 0 Å². The number of aliphatic hydroxyl groups excluding tert-OH is 1. The van der Waals surface area contributed by atoms with Crippen molar-refractivity contribution < 1.29 is 32.2 Å². The van der Waals surface area contributed by atoms with Crippen molar-refractivity contribution in [2.45, 2.75) is 69.6 Å². The van der Waals surface area contributed by atoms with Crippen LogP contribution in [-0.4, -0.2) is 59.9 Å². The number of amides is 1. The maximum atomic E-state index is 12.8. The number of carbonyl (C=O) groups is 1. The van der Waals surface area contributed by atoms with E-state index in [9.17, 15) is 32.7 Å². The summed E-state index contributed by atoms with van der Waals surface area (Å²) in [6.45, 7) is 9.70. The molecule has 0 bridgehead atoms. The summed E-state index contributed by atoms with van der Waals surface area (Å²) in [6.07, 6.45) is -8.37. The fraction of sp³-hybridized carbons (Fsp3) is 0.706. The minimum Gasteiger partial charge on any atom is -0.414 e. The number of rotatable bonds is 5. The van der Waals surface area contributed by atoms with Crippen molar-refractivity contribution in [2.75, 3.05) is 6.61 Å². The highest BCUT2D eigenvalue weighted by atomic mass is 28.4. The first-order valence-electron chi connectivity index (χ1n) is 9.21. The lowest BCUT2D eigenvalue weighted by molar-refractivity contribution is -0.175. The molecule has 0 aromatic carbocycles. The molecule has 9 nitrogen and oxygen atoms in total. The van der Waals surface area contributed by atoms with Gasteiger partial charge in [-0.3, -0.25) is 19.1 Å². The molecule has 3 N–H and O–H groups in total. The minimum absolute atomic E-state index is 0.148. The molecule has 4 atom stereocenters. The van der Waals surface area contributed by atoms with Gasteiger partial charge in [0.2, 0.25) is 0 Å². The maximum absolute atomic E-state index is 12.8. The number of aliphatic hydroxyl groups is 1. The summed E-state index contributed by atoms with van der Waals surface area (Å²) >= 11 is 0. The van der Waals surface area contributed by atoms with Crippen LogP contribution in [0.5, 0.6) is 0 Å². The molecule has 0 aliphatic carbocycles. The molecular weight excluding hydrogens is 427 g/mol. The van der Waals surface area contributed by atoms with Crippen LogP contribution in [0.15, 0.2) is 21.9 Å². The van der Waals surface area contributed by atoms with Crippen molar-refractivity contribution in [1.82, 2.24) is 14.9 Å². The first-order valence-corrected chi connectivity index (χ1v) is 12.1. The number of alkyl halides is 3. The summed E-state index contributed by atoms with van der Waals surface area (Å²) < 4.78 is 50.7. The smallest absolute Gasteiger partial charge is 0.414 e. The van der Waals surface area contributed by atoms with Crippen molar-refractivity contribution >= 4 is 14.2 Å². The highest BCUT2D eigenvalue weighted by Crippen LogP contribution is 2.38. The van der Waals surface area contributed by atoms with Crippen LogP contribution in [0.2, 0.25) is 18.1 Å². The topological polar surface area (TPSA) is 123 Å². The second-order valence-electron chi connectivity index (χ2n) is 8.64. The zero-order valence-electron chi connectivity index (χ0n) is 17.2. The molecule has 1 saturated heterocycles. The number of hydrogen-bond donors (Lipinski definition) is 3. The molecule has 0 saturated carbocycles. The van der Waals surface area contributed by atoms with Gasteiger partial charge in [-0.1, -0.05) is 20.8 Å². The van der Waals surface area contributed by atoms with Crippen LogP contribution in [0.1, 0.15) is 27.0 Å². The van der Waals surface area contributed by atoms with Gasteiger partial charge in [0.1, 0.15) is 18.2 Å². The maximum Gasteiger partial charge on any atom is 0.471 e.